The van der Waals surface area contributed by atoms with E-state index in [0.29, 0.717) is 10.6 Å². The molecule has 4 saturated carbocycles. The molecular formula is C23H31NO4S. The molecule has 4 aliphatic rings. The highest BCUT2D eigenvalue weighted by molar-refractivity contribution is 7.85. The van der Waals surface area contributed by atoms with Crippen molar-refractivity contribution in [3.63, 3.8) is 0 Å². The van der Waals surface area contributed by atoms with Gasteiger partial charge in [0.25, 0.3) is 5.91 Å². The topological polar surface area (TPSA) is 72.5 Å². The van der Waals surface area contributed by atoms with Crippen LogP contribution in [0.15, 0.2) is 29.2 Å². The van der Waals surface area contributed by atoms with Crippen LogP contribution in [0.4, 0.5) is 0 Å². The molecule has 5 nitrogen and oxygen atoms in total. The second-order valence-corrected chi connectivity index (χ2v) is 11.0. The first-order chi connectivity index (χ1) is 13.9. The maximum atomic E-state index is 12.5. The maximum absolute atomic E-state index is 12.5. The van der Waals surface area contributed by atoms with E-state index in [-0.39, 0.29) is 29.5 Å². The van der Waals surface area contributed by atoms with Crippen molar-refractivity contribution in [2.45, 2.75) is 63.3 Å². The quantitative estimate of drug-likeness (QED) is 0.687. The van der Waals surface area contributed by atoms with Gasteiger partial charge in [0.2, 0.25) is 0 Å². The zero-order chi connectivity index (χ0) is 20.6. The highest BCUT2D eigenvalue weighted by Gasteiger charge is 2.53. The van der Waals surface area contributed by atoms with E-state index >= 15 is 0 Å². The zero-order valence-electron chi connectivity index (χ0n) is 17.3. The van der Waals surface area contributed by atoms with Gasteiger partial charge in [0.15, 0.2) is 6.61 Å². The monoisotopic (exact) mass is 417 g/mol. The number of amides is 1. The molecule has 0 radical (unpaired) electrons. The van der Waals surface area contributed by atoms with Crippen LogP contribution in [0.5, 0.6) is 0 Å². The molecule has 6 heteroatoms. The van der Waals surface area contributed by atoms with Gasteiger partial charge >= 0.3 is 5.97 Å². The molecule has 29 heavy (non-hydrogen) atoms. The summed E-state index contributed by atoms with van der Waals surface area (Å²) in [5.74, 6) is 2.06. The fraction of sp³-hybridized carbons (Fsp3) is 0.652. The predicted octanol–water partition coefficient (Wildman–Crippen LogP) is 3.69. The zero-order valence-corrected chi connectivity index (χ0v) is 18.1. The first-order valence-electron chi connectivity index (χ1n) is 10.8. The third kappa shape index (κ3) is 4.14. The smallest absolute Gasteiger partial charge is 0.339 e. The Morgan fingerprint density at radius 1 is 1.14 bits per heavy atom. The molecule has 158 valence electrons. The highest BCUT2D eigenvalue weighted by Crippen LogP contribution is 2.61. The van der Waals surface area contributed by atoms with E-state index in [9.17, 15) is 13.8 Å². The van der Waals surface area contributed by atoms with Crippen molar-refractivity contribution in [2.75, 3.05) is 12.4 Å². The van der Waals surface area contributed by atoms with Crippen LogP contribution >= 0.6 is 0 Å². The summed E-state index contributed by atoms with van der Waals surface area (Å²) in [6, 6.07) is 6.83. The number of benzene rings is 1. The Bertz CT molecular complexity index is 786. The summed E-state index contributed by atoms with van der Waals surface area (Å²) in [5, 5.41) is 3.12. The van der Waals surface area contributed by atoms with Gasteiger partial charge in [0.05, 0.1) is 21.3 Å². The Kier molecular flexibility index (Phi) is 5.83. The first-order valence-corrected chi connectivity index (χ1v) is 12.2. The number of nitrogens with one attached hydrogen (secondary N) is 1. The van der Waals surface area contributed by atoms with Crippen LogP contribution in [0.25, 0.3) is 0 Å². The molecule has 1 aromatic carbocycles. The number of rotatable bonds is 7. The lowest BCUT2D eigenvalue weighted by Crippen LogP contribution is -2.56. The molecule has 0 spiro atoms. The highest BCUT2D eigenvalue weighted by atomic mass is 32.2. The lowest BCUT2D eigenvalue weighted by Gasteiger charge is -2.59. The molecular weight excluding hydrogens is 386 g/mol. The van der Waals surface area contributed by atoms with E-state index in [1.54, 1.807) is 31.2 Å². The first kappa shape index (κ1) is 20.6. The third-order valence-electron chi connectivity index (χ3n) is 7.33. The van der Waals surface area contributed by atoms with E-state index in [1.165, 1.54) is 38.5 Å². The molecule has 0 aromatic heterocycles. The molecule has 4 fully saturated rings. The average molecular weight is 418 g/mol. The van der Waals surface area contributed by atoms with E-state index in [4.69, 9.17) is 4.74 Å². The van der Waals surface area contributed by atoms with Gasteiger partial charge in [-0.1, -0.05) is 19.1 Å². The number of hydrogen-bond donors (Lipinski definition) is 1. The Hall–Kier alpha value is -1.69. The van der Waals surface area contributed by atoms with Crippen LogP contribution in [0, 0.1) is 23.2 Å². The van der Waals surface area contributed by atoms with Crippen molar-refractivity contribution in [3.05, 3.63) is 29.8 Å². The largest absolute Gasteiger partial charge is 0.452 e. The van der Waals surface area contributed by atoms with Crippen molar-refractivity contribution in [1.29, 1.82) is 0 Å². The predicted molar refractivity (Wildman–Crippen MR) is 112 cm³/mol. The average Bonchev–Trinajstić information content (AvgIpc) is 2.70. The molecule has 0 aliphatic heterocycles. The van der Waals surface area contributed by atoms with Gasteiger partial charge in [-0.15, -0.1) is 0 Å². The molecule has 5 rings (SSSR count). The molecule has 0 heterocycles. The van der Waals surface area contributed by atoms with Gasteiger partial charge in [0, 0.05) is 11.8 Å². The van der Waals surface area contributed by atoms with Crippen LogP contribution in [0.3, 0.4) is 0 Å². The summed E-state index contributed by atoms with van der Waals surface area (Å²) in [7, 11) is -1.25. The van der Waals surface area contributed by atoms with Crippen molar-refractivity contribution >= 4 is 22.7 Å². The summed E-state index contributed by atoms with van der Waals surface area (Å²) < 4.78 is 17.4. The molecule has 1 aromatic rings. The fourth-order valence-corrected chi connectivity index (χ4v) is 7.28. The molecule has 1 amide bonds. The SMILES string of the molecule is CC[S@@](=O)c1ccccc1C(=O)OCC(=O)N[C@H](C)C12CC3CC(CC(C3)C1)C2. The minimum atomic E-state index is -1.25. The molecule has 2 atom stereocenters. The van der Waals surface area contributed by atoms with Crippen molar-refractivity contribution < 1.29 is 18.5 Å². The van der Waals surface area contributed by atoms with Gasteiger partial charge in [0.1, 0.15) is 0 Å². The van der Waals surface area contributed by atoms with Gasteiger partial charge in [-0.25, -0.2) is 4.79 Å². The summed E-state index contributed by atoms with van der Waals surface area (Å²) in [6.45, 7) is 3.62. The number of ether oxygens (including phenoxy) is 1. The van der Waals surface area contributed by atoms with Crippen molar-refractivity contribution in [1.82, 2.24) is 5.32 Å². The minimum absolute atomic E-state index is 0.0991. The Morgan fingerprint density at radius 3 is 2.31 bits per heavy atom. The van der Waals surface area contributed by atoms with E-state index in [1.807, 2.05) is 0 Å². The third-order valence-corrected chi connectivity index (χ3v) is 8.70. The summed E-state index contributed by atoms with van der Waals surface area (Å²) in [4.78, 5) is 25.4. The van der Waals surface area contributed by atoms with Crippen LogP contribution in [-0.2, 0) is 20.3 Å². The van der Waals surface area contributed by atoms with Crippen LogP contribution in [-0.4, -0.2) is 34.5 Å². The van der Waals surface area contributed by atoms with Gasteiger partial charge in [-0.2, -0.15) is 0 Å². The van der Waals surface area contributed by atoms with Crippen molar-refractivity contribution in [2.24, 2.45) is 23.2 Å². The molecule has 4 aliphatic carbocycles. The van der Waals surface area contributed by atoms with Gasteiger partial charge in [-0.05, 0) is 80.8 Å². The van der Waals surface area contributed by atoms with E-state index in [0.717, 1.165) is 17.8 Å². The number of carbonyl (C=O) groups excluding carboxylic acids is 2. The molecule has 1 N–H and O–H groups in total. The maximum Gasteiger partial charge on any atom is 0.339 e. The molecule has 4 bridgehead atoms. The van der Waals surface area contributed by atoms with Crippen LogP contribution < -0.4 is 5.32 Å². The van der Waals surface area contributed by atoms with E-state index in [2.05, 4.69) is 12.2 Å². The van der Waals surface area contributed by atoms with Crippen molar-refractivity contribution in [3.8, 4) is 0 Å². The summed E-state index contributed by atoms with van der Waals surface area (Å²) in [5.41, 5.74) is 0.494. The number of esters is 1. The Balaban J connectivity index is 1.34. The minimum Gasteiger partial charge on any atom is -0.452 e. The second kappa shape index (κ2) is 8.21. The second-order valence-electron chi connectivity index (χ2n) is 9.28. The fourth-order valence-electron chi connectivity index (χ4n) is 6.34. The summed E-state index contributed by atoms with van der Waals surface area (Å²) in [6.07, 6.45) is 7.77. The molecule has 0 saturated heterocycles. The molecule has 0 unspecified atom stereocenters. The van der Waals surface area contributed by atoms with Gasteiger partial charge in [-0.3, -0.25) is 9.00 Å². The lowest BCUT2D eigenvalue weighted by atomic mass is 9.48. The van der Waals surface area contributed by atoms with Crippen LogP contribution in [0.2, 0.25) is 0 Å². The normalized spacial score (nSPS) is 31.9. The lowest BCUT2D eigenvalue weighted by molar-refractivity contribution is -0.128. The van der Waals surface area contributed by atoms with Gasteiger partial charge < -0.3 is 10.1 Å². The Labute approximate surface area is 175 Å². The number of hydrogen-bond acceptors (Lipinski definition) is 4. The standard InChI is InChI=1S/C23H31NO4S/c1-3-29(27)20-7-5-4-6-19(20)22(26)28-14-21(25)24-15(2)23-11-16-8-17(12-23)10-18(9-16)13-23/h4-7,15-18H,3,8-14H2,1-2H3,(H,24,25)/t15-,16?,17?,18?,23?,29-/m1/s1. The number of carbonyl (C=O) groups is 2. The Morgan fingerprint density at radius 2 is 1.72 bits per heavy atom. The van der Waals surface area contributed by atoms with Crippen LogP contribution in [0.1, 0.15) is 62.7 Å². The van der Waals surface area contributed by atoms with E-state index < -0.39 is 16.8 Å². The summed E-state index contributed by atoms with van der Waals surface area (Å²) >= 11 is 0.